The Bertz CT molecular complexity index is 277. The highest BCUT2D eigenvalue weighted by Gasteiger charge is 2.22. The van der Waals surface area contributed by atoms with Gasteiger partial charge in [0.1, 0.15) is 5.82 Å². The fourth-order valence-electron chi connectivity index (χ4n) is 2.36. The fourth-order valence-corrected chi connectivity index (χ4v) is 2.36. The summed E-state index contributed by atoms with van der Waals surface area (Å²) in [5.74, 6) is 2.08. The highest BCUT2D eigenvalue weighted by Crippen LogP contribution is 2.30. The van der Waals surface area contributed by atoms with E-state index in [-0.39, 0.29) is 0 Å². The Morgan fingerprint density at radius 1 is 1.56 bits per heavy atom. The molecule has 1 saturated carbocycles. The quantitative estimate of drug-likeness (QED) is 0.742. The Hall–Kier alpha value is -0.830. The molecule has 1 unspecified atom stereocenters. The number of nitrogens with one attached hydrogen (secondary N) is 2. The van der Waals surface area contributed by atoms with E-state index in [1.165, 1.54) is 32.1 Å². The molecule has 16 heavy (non-hydrogen) atoms. The normalized spacial score (nSPS) is 18.3. The van der Waals surface area contributed by atoms with Crippen LogP contribution in [0.25, 0.3) is 0 Å². The molecule has 0 saturated heterocycles. The Balaban J connectivity index is 1.80. The van der Waals surface area contributed by atoms with Crippen molar-refractivity contribution in [2.45, 2.75) is 51.5 Å². The third kappa shape index (κ3) is 3.34. The Labute approximate surface area is 98.1 Å². The zero-order valence-electron chi connectivity index (χ0n) is 10.2. The van der Waals surface area contributed by atoms with Crippen molar-refractivity contribution in [3.8, 4) is 0 Å². The largest absolute Gasteiger partial charge is 0.349 e. The average Bonchev–Trinajstić information content (AvgIpc) is 2.72. The van der Waals surface area contributed by atoms with Crippen LogP contribution >= 0.6 is 0 Å². The van der Waals surface area contributed by atoms with Gasteiger partial charge in [0.15, 0.2) is 0 Å². The van der Waals surface area contributed by atoms with Crippen LogP contribution in [0.1, 0.15) is 44.9 Å². The molecule has 1 aliphatic carbocycles. The van der Waals surface area contributed by atoms with Crippen LogP contribution in [0.15, 0.2) is 12.4 Å². The second-order valence-electron chi connectivity index (χ2n) is 4.92. The average molecular weight is 221 g/mol. The van der Waals surface area contributed by atoms with Gasteiger partial charge in [-0.2, -0.15) is 0 Å². The lowest BCUT2D eigenvalue weighted by atomic mass is 9.80. The van der Waals surface area contributed by atoms with Gasteiger partial charge in [-0.3, -0.25) is 0 Å². The summed E-state index contributed by atoms with van der Waals surface area (Å²) in [7, 11) is 0. The van der Waals surface area contributed by atoms with E-state index < -0.39 is 0 Å². The molecule has 0 spiro atoms. The summed E-state index contributed by atoms with van der Waals surface area (Å²) in [6.07, 6.45) is 11.6. The van der Waals surface area contributed by atoms with Crippen LogP contribution in [0.3, 0.4) is 0 Å². The van der Waals surface area contributed by atoms with Crippen molar-refractivity contribution in [3.05, 3.63) is 18.2 Å². The molecule has 1 heterocycles. The predicted octanol–water partition coefficient (Wildman–Crippen LogP) is 2.51. The third-order valence-electron chi connectivity index (χ3n) is 3.52. The minimum atomic E-state index is 0.608. The molecule has 1 aromatic rings. The number of imidazole rings is 1. The standard InChI is InChI=1S/C13H23N3/c1-2-6-14-12(9-11-4-3-5-11)10-13-15-7-8-16-13/h7-8,11-12,14H,2-6,9-10H2,1H3,(H,15,16). The molecular formula is C13H23N3. The van der Waals surface area contributed by atoms with E-state index in [0.717, 1.165) is 24.7 Å². The maximum atomic E-state index is 4.32. The summed E-state index contributed by atoms with van der Waals surface area (Å²) < 4.78 is 0. The summed E-state index contributed by atoms with van der Waals surface area (Å²) in [4.78, 5) is 7.52. The van der Waals surface area contributed by atoms with Crippen LogP contribution in [0.5, 0.6) is 0 Å². The molecule has 1 fully saturated rings. The Morgan fingerprint density at radius 2 is 2.44 bits per heavy atom. The van der Waals surface area contributed by atoms with E-state index in [0.29, 0.717) is 6.04 Å². The molecule has 1 aromatic heterocycles. The molecule has 90 valence electrons. The molecule has 1 atom stereocenters. The maximum absolute atomic E-state index is 4.32. The van der Waals surface area contributed by atoms with Crippen molar-refractivity contribution in [1.29, 1.82) is 0 Å². The molecule has 0 radical (unpaired) electrons. The molecule has 2 rings (SSSR count). The van der Waals surface area contributed by atoms with Crippen molar-refractivity contribution in [2.24, 2.45) is 5.92 Å². The van der Waals surface area contributed by atoms with Gasteiger partial charge in [-0.25, -0.2) is 4.98 Å². The van der Waals surface area contributed by atoms with E-state index in [1.54, 1.807) is 0 Å². The van der Waals surface area contributed by atoms with Gasteiger partial charge < -0.3 is 10.3 Å². The van der Waals surface area contributed by atoms with Crippen LogP contribution < -0.4 is 5.32 Å². The first-order valence-electron chi connectivity index (χ1n) is 6.60. The highest BCUT2D eigenvalue weighted by atomic mass is 14.9. The summed E-state index contributed by atoms with van der Waals surface area (Å²) in [5, 5.41) is 3.65. The second-order valence-corrected chi connectivity index (χ2v) is 4.92. The van der Waals surface area contributed by atoms with E-state index >= 15 is 0 Å². The van der Waals surface area contributed by atoms with Crippen LogP contribution in [-0.4, -0.2) is 22.6 Å². The van der Waals surface area contributed by atoms with Gasteiger partial charge in [-0.15, -0.1) is 0 Å². The van der Waals surface area contributed by atoms with Crippen molar-refractivity contribution < 1.29 is 0 Å². The minimum Gasteiger partial charge on any atom is -0.349 e. The number of H-pyrrole nitrogens is 1. The number of aromatic amines is 1. The summed E-state index contributed by atoms with van der Waals surface area (Å²) in [6.45, 7) is 3.35. The van der Waals surface area contributed by atoms with Gasteiger partial charge >= 0.3 is 0 Å². The van der Waals surface area contributed by atoms with Crippen molar-refractivity contribution in [3.63, 3.8) is 0 Å². The number of rotatable bonds is 7. The van der Waals surface area contributed by atoms with Gasteiger partial charge in [0, 0.05) is 24.9 Å². The highest BCUT2D eigenvalue weighted by molar-refractivity contribution is 4.92. The monoisotopic (exact) mass is 221 g/mol. The number of aromatic nitrogens is 2. The predicted molar refractivity (Wildman–Crippen MR) is 66.3 cm³/mol. The van der Waals surface area contributed by atoms with Crippen molar-refractivity contribution in [1.82, 2.24) is 15.3 Å². The fraction of sp³-hybridized carbons (Fsp3) is 0.769. The third-order valence-corrected chi connectivity index (χ3v) is 3.52. The van der Waals surface area contributed by atoms with Crippen LogP contribution in [0, 0.1) is 5.92 Å². The summed E-state index contributed by atoms with van der Waals surface area (Å²) >= 11 is 0. The first kappa shape index (κ1) is 11.6. The topological polar surface area (TPSA) is 40.7 Å². The lowest BCUT2D eigenvalue weighted by molar-refractivity contribution is 0.258. The smallest absolute Gasteiger partial charge is 0.107 e. The summed E-state index contributed by atoms with van der Waals surface area (Å²) in [5.41, 5.74) is 0. The molecule has 0 aromatic carbocycles. The van der Waals surface area contributed by atoms with Gasteiger partial charge in [0.25, 0.3) is 0 Å². The Morgan fingerprint density at radius 3 is 3.00 bits per heavy atom. The van der Waals surface area contributed by atoms with E-state index in [1.807, 2.05) is 12.4 Å². The number of hydrogen-bond acceptors (Lipinski definition) is 2. The molecule has 0 bridgehead atoms. The lowest BCUT2D eigenvalue weighted by Gasteiger charge is -2.30. The van der Waals surface area contributed by atoms with E-state index in [9.17, 15) is 0 Å². The van der Waals surface area contributed by atoms with E-state index in [2.05, 4.69) is 22.2 Å². The molecule has 3 nitrogen and oxygen atoms in total. The van der Waals surface area contributed by atoms with Gasteiger partial charge in [0.2, 0.25) is 0 Å². The van der Waals surface area contributed by atoms with Gasteiger partial charge in [0.05, 0.1) is 0 Å². The van der Waals surface area contributed by atoms with E-state index in [4.69, 9.17) is 0 Å². The number of nitrogens with zero attached hydrogens (tertiary/aromatic N) is 1. The van der Waals surface area contributed by atoms with Crippen molar-refractivity contribution >= 4 is 0 Å². The molecule has 1 aliphatic rings. The molecule has 0 aliphatic heterocycles. The first-order chi connectivity index (χ1) is 7.88. The van der Waals surface area contributed by atoms with Crippen LogP contribution in [0.2, 0.25) is 0 Å². The number of hydrogen-bond donors (Lipinski definition) is 2. The van der Waals surface area contributed by atoms with Crippen molar-refractivity contribution in [2.75, 3.05) is 6.54 Å². The van der Waals surface area contributed by atoms with Crippen LogP contribution in [-0.2, 0) is 6.42 Å². The Kier molecular flexibility index (Phi) is 4.40. The first-order valence-corrected chi connectivity index (χ1v) is 6.60. The van der Waals surface area contributed by atoms with Gasteiger partial charge in [-0.1, -0.05) is 26.2 Å². The molecule has 2 N–H and O–H groups in total. The molecular weight excluding hydrogens is 198 g/mol. The molecule has 0 amide bonds. The SMILES string of the molecule is CCCNC(Cc1ncc[nH]1)CC1CCC1. The van der Waals surface area contributed by atoms with Crippen LogP contribution in [0.4, 0.5) is 0 Å². The van der Waals surface area contributed by atoms with Gasteiger partial charge in [-0.05, 0) is 25.3 Å². The lowest BCUT2D eigenvalue weighted by Crippen LogP contribution is -2.35. The summed E-state index contributed by atoms with van der Waals surface area (Å²) in [6, 6.07) is 0.608. The second kappa shape index (κ2) is 6.04. The maximum Gasteiger partial charge on any atom is 0.107 e. The molecule has 3 heteroatoms. The zero-order valence-corrected chi connectivity index (χ0v) is 10.2. The minimum absolute atomic E-state index is 0.608. The zero-order chi connectivity index (χ0) is 11.2.